The number of aromatic nitrogens is 1. The highest BCUT2D eigenvalue weighted by Gasteiger charge is 2.45. The normalized spacial score (nSPS) is 23.0. The number of nitrogens with one attached hydrogen (secondary N) is 1. The number of H-pyrrole nitrogens is 1. The van der Waals surface area contributed by atoms with Gasteiger partial charge in [-0.2, -0.15) is 0 Å². The molecule has 0 saturated heterocycles. The van der Waals surface area contributed by atoms with Gasteiger partial charge in [0, 0.05) is 17.5 Å². The van der Waals surface area contributed by atoms with E-state index in [-0.39, 0.29) is 6.61 Å². The molecule has 2 unspecified atom stereocenters. The van der Waals surface area contributed by atoms with Crippen LogP contribution in [-0.2, 0) is 21.6 Å². The summed E-state index contributed by atoms with van der Waals surface area (Å²) in [6.07, 6.45) is 1.10. The molecule has 4 N–H and O–H groups in total. The molecule has 1 aromatic heterocycles. The number of hydrogen-bond donors (Lipinski definition) is 3. The van der Waals surface area contributed by atoms with Crippen LogP contribution in [-0.4, -0.2) is 29.2 Å². The second kappa shape index (κ2) is 5.16. The Labute approximate surface area is 123 Å². The standard InChI is InChI=1S/C16H20N2O3/c1-16(12(6-8-19)15(17)20)14-11(7-9-21-16)10-4-2-3-5-13(10)18-14/h2-5,12,18-19H,6-9H2,1H3,(H2,17,20). The molecule has 0 radical (unpaired) electrons. The second-order valence-electron chi connectivity index (χ2n) is 5.70. The van der Waals surface area contributed by atoms with E-state index in [0.29, 0.717) is 13.0 Å². The van der Waals surface area contributed by atoms with Gasteiger partial charge in [0.25, 0.3) is 0 Å². The zero-order valence-corrected chi connectivity index (χ0v) is 12.1. The van der Waals surface area contributed by atoms with E-state index in [2.05, 4.69) is 11.1 Å². The molecule has 0 bridgehead atoms. The maximum Gasteiger partial charge on any atom is 0.223 e. The minimum Gasteiger partial charge on any atom is -0.396 e. The van der Waals surface area contributed by atoms with E-state index in [1.165, 1.54) is 5.56 Å². The monoisotopic (exact) mass is 288 g/mol. The van der Waals surface area contributed by atoms with Crippen molar-refractivity contribution in [1.29, 1.82) is 0 Å². The maximum atomic E-state index is 11.8. The highest BCUT2D eigenvalue weighted by atomic mass is 16.5. The Kier molecular flexibility index (Phi) is 3.47. The number of aliphatic hydroxyl groups excluding tert-OH is 1. The van der Waals surface area contributed by atoms with E-state index in [9.17, 15) is 9.90 Å². The SMILES string of the molecule is CC1(C(CCO)C(N)=O)OCCc2c1[nH]c1ccccc21. The van der Waals surface area contributed by atoms with Gasteiger partial charge in [-0.25, -0.2) is 0 Å². The van der Waals surface area contributed by atoms with Crippen molar-refractivity contribution < 1.29 is 14.6 Å². The lowest BCUT2D eigenvalue weighted by Crippen LogP contribution is -2.46. The number of aromatic amines is 1. The number of amides is 1. The van der Waals surface area contributed by atoms with Crippen molar-refractivity contribution in [3.8, 4) is 0 Å². The lowest BCUT2D eigenvalue weighted by Gasteiger charge is -2.39. The smallest absolute Gasteiger partial charge is 0.223 e. The Morgan fingerprint density at radius 1 is 1.52 bits per heavy atom. The number of ether oxygens (including phenoxy) is 1. The van der Waals surface area contributed by atoms with Gasteiger partial charge in [0.05, 0.1) is 18.2 Å². The van der Waals surface area contributed by atoms with Crippen molar-refractivity contribution in [3.05, 3.63) is 35.5 Å². The van der Waals surface area contributed by atoms with Crippen molar-refractivity contribution in [2.45, 2.75) is 25.4 Å². The Bertz CT molecular complexity index is 679. The number of para-hydroxylation sites is 1. The highest BCUT2D eigenvalue weighted by molar-refractivity contribution is 5.86. The minimum absolute atomic E-state index is 0.0951. The molecule has 3 rings (SSSR count). The summed E-state index contributed by atoms with van der Waals surface area (Å²) < 4.78 is 5.95. The summed E-state index contributed by atoms with van der Waals surface area (Å²) in [5.41, 5.74) is 7.86. The maximum absolute atomic E-state index is 11.8. The first-order valence-electron chi connectivity index (χ1n) is 7.22. The zero-order chi connectivity index (χ0) is 15.0. The first kappa shape index (κ1) is 14.1. The number of primary amides is 1. The number of carbonyl (C=O) groups excluding carboxylic acids is 1. The van der Waals surface area contributed by atoms with Gasteiger partial charge in [-0.1, -0.05) is 18.2 Å². The number of aliphatic hydroxyl groups is 1. The molecule has 1 amide bonds. The molecule has 2 atom stereocenters. The van der Waals surface area contributed by atoms with E-state index in [4.69, 9.17) is 10.5 Å². The molecule has 5 nitrogen and oxygen atoms in total. The lowest BCUT2D eigenvalue weighted by molar-refractivity contribution is -0.142. The predicted octanol–water partition coefficient (Wildman–Crippen LogP) is 1.44. The summed E-state index contributed by atoms with van der Waals surface area (Å²) in [4.78, 5) is 15.2. The van der Waals surface area contributed by atoms with Gasteiger partial charge in [-0.05, 0) is 31.4 Å². The number of fused-ring (bicyclic) bond motifs is 3. The summed E-state index contributed by atoms with van der Waals surface area (Å²) in [6, 6.07) is 8.06. The van der Waals surface area contributed by atoms with E-state index in [1.54, 1.807) is 0 Å². The van der Waals surface area contributed by atoms with Crippen molar-refractivity contribution >= 4 is 16.8 Å². The number of benzene rings is 1. The molecule has 0 fully saturated rings. The van der Waals surface area contributed by atoms with Crippen molar-refractivity contribution in [2.24, 2.45) is 11.7 Å². The molecule has 0 saturated carbocycles. The summed E-state index contributed by atoms with van der Waals surface area (Å²) in [5, 5.41) is 10.4. The second-order valence-corrected chi connectivity index (χ2v) is 5.70. The predicted molar refractivity (Wildman–Crippen MR) is 79.7 cm³/mol. The summed E-state index contributed by atoms with van der Waals surface area (Å²) >= 11 is 0. The Morgan fingerprint density at radius 2 is 2.29 bits per heavy atom. The molecule has 112 valence electrons. The van der Waals surface area contributed by atoms with E-state index in [1.807, 2.05) is 25.1 Å². The van der Waals surface area contributed by atoms with E-state index in [0.717, 1.165) is 23.0 Å². The first-order chi connectivity index (χ1) is 10.1. The van der Waals surface area contributed by atoms with Crippen LogP contribution in [0.25, 0.3) is 10.9 Å². The average Bonchev–Trinajstić information content (AvgIpc) is 2.85. The molecule has 2 heterocycles. The fourth-order valence-corrected chi connectivity index (χ4v) is 3.41. The van der Waals surface area contributed by atoms with Crippen molar-refractivity contribution in [3.63, 3.8) is 0 Å². The van der Waals surface area contributed by atoms with Crippen LogP contribution in [0, 0.1) is 5.92 Å². The summed E-state index contributed by atoms with van der Waals surface area (Å²) in [5.74, 6) is -1.01. The molecular formula is C16H20N2O3. The molecule has 5 heteroatoms. The molecule has 0 spiro atoms. The molecule has 2 aromatic rings. The van der Waals surface area contributed by atoms with Crippen LogP contribution in [0.1, 0.15) is 24.6 Å². The topological polar surface area (TPSA) is 88.3 Å². The fourth-order valence-electron chi connectivity index (χ4n) is 3.41. The van der Waals surface area contributed by atoms with E-state index >= 15 is 0 Å². The van der Waals surface area contributed by atoms with Gasteiger partial charge in [-0.3, -0.25) is 4.79 Å². The van der Waals surface area contributed by atoms with Crippen LogP contribution < -0.4 is 5.73 Å². The van der Waals surface area contributed by atoms with Crippen LogP contribution >= 0.6 is 0 Å². The number of rotatable bonds is 4. The Morgan fingerprint density at radius 3 is 3.00 bits per heavy atom. The van der Waals surface area contributed by atoms with Crippen LogP contribution in [0.4, 0.5) is 0 Å². The number of carbonyl (C=O) groups is 1. The number of nitrogens with two attached hydrogens (primary N) is 1. The Balaban J connectivity index is 2.16. The molecule has 21 heavy (non-hydrogen) atoms. The van der Waals surface area contributed by atoms with Gasteiger partial charge in [0.2, 0.25) is 5.91 Å². The van der Waals surface area contributed by atoms with Gasteiger partial charge >= 0.3 is 0 Å². The van der Waals surface area contributed by atoms with Gasteiger partial charge in [0.1, 0.15) is 5.60 Å². The minimum atomic E-state index is -0.818. The van der Waals surface area contributed by atoms with Crippen LogP contribution in [0.3, 0.4) is 0 Å². The fraction of sp³-hybridized carbons (Fsp3) is 0.438. The van der Waals surface area contributed by atoms with Crippen molar-refractivity contribution in [2.75, 3.05) is 13.2 Å². The van der Waals surface area contributed by atoms with Crippen LogP contribution in [0.15, 0.2) is 24.3 Å². The average molecular weight is 288 g/mol. The third-order valence-electron chi connectivity index (χ3n) is 4.49. The Hall–Kier alpha value is -1.85. The summed E-state index contributed by atoms with van der Waals surface area (Å²) in [6.45, 7) is 2.33. The summed E-state index contributed by atoms with van der Waals surface area (Å²) in [7, 11) is 0. The number of hydrogen-bond acceptors (Lipinski definition) is 3. The highest BCUT2D eigenvalue weighted by Crippen LogP contribution is 2.42. The van der Waals surface area contributed by atoms with Gasteiger partial charge in [-0.15, -0.1) is 0 Å². The largest absolute Gasteiger partial charge is 0.396 e. The van der Waals surface area contributed by atoms with Crippen molar-refractivity contribution in [1.82, 2.24) is 4.98 Å². The lowest BCUT2D eigenvalue weighted by atomic mass is 9.79. The first-order valence-corrected chi connectivity index (χ1v) is 7.22. The van der Waals surface area contributed by atoms with Gasteiger partial charge in [0.15, 0.2) is 0 Å². The molecular weight excluding hydrogens is 268 g/mol. The molecule has 0 aliphatic carbocycles. The van der Waals surface area contributed by atoms with Crippen LogP contribution in [0.2, 0.25) is 0 Å². The van der Waals surface area contributed by atoms with Gasteiger partial charge < -0.3 is 20.6 Å². The molecule has 1 aromatic carbocycles. The quantitative estimate of drug-likeness (QED) is 0.795. The molecule has 1 aliphatic heterocycles. The third kappa shape index (κ3) is 2.13. The van der Waals surface area contributed by atoms with E-state index < -0.39 is 17.4 Å². The third-order valence-corrected chi connectivity index (χ3v) is 4.49. The zero-order valence-electron chi connectivity index (χ0n) is 12.1. The molecule has 1 aliphatic rings. The van der Waals surface area contributed by atoms with Crippen LogP contribution in [0.5, 0.6) is 0 Å².